The van der Waals surface area contributed by atoms with Gasteiger partial charge in [0.15, 0.2) is 6.10 Å². The molecule has 0 amide bonds. The highest BCUT2D eigenvalue weighted by molar-refractivity contribution is 5.72. The Balaban J connectivity index is 2.52. The molecule has 0 bridgehead atoms. The summed E-state index contributed by atoms with van der Waals surface area (Å²) in [6.07, 6.45) is 5.15. The quantitative estimate of drug-likeness (QED) is 0.439. The first-order valence-electron chi connectivity index (χ1n) is 3.49. The maximum absolute atomic E-state index is 11.8. The second-order valence-electron chi connectivity index (χ2n) is 2.52. The molecule has 0 aromatic rings. The van der Waals surface area contributed by atoms with Crippen molar-refractivity contribution in [1.82, 2.24) is 0 Å². The van der Waals surface area contributed by atoms with Crippen molar-refractivity contribution in [3.05, 3.63) is 0 Å². The largest absolute Gasteiger partial charge is 0.449 e. The van der Waals surface area contributed by atoms with Gasteiger partial charge in [-0.15, -0.1) is 6.42 Å². The summed E-state index contributed by atoms with van der Waals surface area (Å²) in [5.74, 6) is 1.89. The molecular weight excluding hydrogens is 147 g/mol. The van der Waals surface area contributed by atoms with Gasteiger partial charge in [-0.1, -0.05) is 5.92 Å². The van der Waals surface area contributed by atoms with E-state index >= 15 is 0 Å². The molecule has 11 heavy (non-hydrogen) atoms. The van der Waals surface area contributed by atoms with Crippen molar-refractivity contribution in [2.24, 2.45) is 5.92 Å². The summed E-state index contributed by atoms with van der Waals surface area (Å²) in [5.41, 5.74) is 0. The van der Waals surface area contributed by atoms with Gasteiger partial charge >= 0.3 is 5.97 Å². The number of carbonyl (C=O) groups excluding carboxylic acids is 1. The molecule has 60 valence electrons. The summed E-state index contributed by atoms with van der Waals surface area (Å²) in [5, 5.41) is 0. The van der Waals surface area contributed by atoms with Crippen molar-refractivity contribution in [2.75, 3.05) is 6.67 Å². The highest BCUT2D eigenvalue weighted by Gasteiger charge is 2.32. The second-order valence-corrected chi connectivity index (χ2v) is 2.52. The summed E-state index contributed by atoms with van der Waals surface area (Å²) in [4.78, 5) is 10.7. The lowest BCUT2D eigenvalue weighted by atomic mass is 9.99. The Hall–Kier alpha value is -1.04. The summed E-state index contributed by atoms with van der Waals surface area (Å²) in [6.45, 7) is -0.445. The van der Waals surface area contributed by atoms with Gasteiger partial charge in [0, 0.05) is 5.92 Å². The zero-order chi connectivity index (χ0) is 8.27. The van der Waals surface area contributed by atoms with Gasteiger partial charge in [0.1, 0.15) is 0 Å². The number of esters is 1. The highest BCUT2D eigenvalue weighted by Crippen LogP contribution is 2.24. The maximum Gasteiger partial charge on any atom is 0.307 e. The van der Waals surface area contributed by atoms with Crippen LogP contribution in [0.15, 0.2) is 0 Å². The molecule has 0 radical (unpaired) electrons. The lowest BCUT2D eigenvalue weighted by Gasteiger charge is -2.08. The van der Waals surface area contributed by atoms with Crippen molar-refractivity contribution in [3.63, 3.8) is 0 Å². The fourth-order valence-corrected chi connectivity index (χ4v) is 1.17. The van der Waals surface area contributed by atoms with Crippen LogP contribution in [0.1, 0.15) is 12.8 Å². The Labute approximate surface area is 64.7 Å². The van der Waals surface area contributed by atoms with Crippen LogP contribution in [0.5, 0.6) is 0 Å². The number of hydrogen-bond acceptors (Lipinski definition) is 2. The van der Waals surface area contributed by atoms with Gasteiger partial charge in [0.05, 0.1) is 13.1 Å². The number of rotatable bonds is 2. The van der Waals surface area contributed by atoms with Crippen LogP contribution < -0.4 is 0 Å². The zero-order valence-electron chi connectivity index (χ0n) is 6.05. The van der Waals surface area contributed by atoms with E-state index in [2.05, 4.69) is 5.92 Å². The SMILES string of the molecule is C#CC1OC(=O)CC1CCF. The predicted molar refractivity (Wildman–Crippen MR) is 37.4 cm³/mol. The van der Waals surface area contributed by atoms with Gasteiger partial charge in [0.25, 0.3) is 0 Å². The van der Waals surface area contributed by atoms with E-state index in [1.165, 1.54) is 0 Å². The Morgan fingerprint density at radius 3 is 3.09 bits per heavy atom. The van der Waals surface area contributed by atoms with Gasteiger partial charge in [-0.2, -0.15) is 0 Å². The van der Waals surface area contributed by atoms with E-state index in [0.29, 0.717) is 6.42 Å². The minimum Gasteiger partial charge on any atom is -0.449 e. The molecule has 2 nitrogen and oxygen atoms in total. The number of halogens is 1. The number of alkyl halides is 1. The number of terminal acetylenes is 1. The van der Waals surface area contributed by atoms with E-state index in [0.717, 1.165) is 0 Å². The smallest absolute Gasteiger partial charge is 0.307 e. The summed E-state index contributed by atoms with van der Waals surface area (Å²) < 4.78 is 16.6. The predicted octanol–water partition coefficient (Wildman–Crippen LogP) is 0.911. The van der Waals surface area contributed by atoms with Crippen LogP contribution in [0.4, 0.5) is 4.39 Å². The van der Waals surface area contributed by atoms with Crippen molar-refractivity contribution in [2.45, 2.75) is 18.9 Å². The van der Waals surface area contributed by atoms with Gasteiger partial charge in [-0.05, 0) is 6.42 Å². The van der Waals surface area contributed by atoms with E-state index in [4.69, 9.17) is 11.2 Å². The molecule has 0 N–H and O–H groups in total. The Bertz CT molecular complexity index is 195. The minimum atomic E-state index is -0.502. The number of carbonyl (C=O) groups is 1. The van der Waals surface area contributed by atoms with Crippen molar-refractivity contribution < 1.29 is 13.9 Å². The molecule has 0 spiro atoms. The first-order valence-corrected chi connectivity index (χ1v) is 3.49. The molecular formula is C8H9FO2. The van der Waals surface area contributed by atoms with Gasteiger partial charge < -0.3 is 4.74 Å². The van der Waals surface area contributed by atoms with Crippen LogP contribution in [0, 0.1) is 18.3 Å². The molecule has 1 heterocycles. The minimum absolute atomic E-state index is 0.113. The van der Waals surface area contributed by atoms with Crippen LogP contribution in [0.25, 0.3) is 0 Å². The van der Waals surface area contributed by atoms with Gasteiger partial charge in [0.2, 0.25) is 0 Å². The van der Waals surface area contributed by atoms with E-state index in [1.807, 2.05) is 0 Å². The zero-order valence-corrected chi connectivity index (χ0v) is 6.05. The van der Waals surface area contributed by atoms with Gasteiger partial charge in [-0.25, -0.2) is 0 Å². The maximum atomic E-state index is 11.8. The standard InChI is InChI=1S/C8H9FO2/c1-2-7-6(3-4-9)5-8(10)11-7/h1,6-7H,3-5H2. The van der Waals surface area contributed by atoms with E-state index in [9.17, 15) is 9.18 Å². The molecule has 0 aromatic carbocycles. The van der Waals surface area contributed by atoms with Crippen LogP contribution in [0.3, 0.4) is 0 Å². The Morgan fingerprint density at radius 1 is 1.82 bits per heavy atom. The third-order valence-electron chi connectivity index (χ3n) is 1.76. The molecule has 0 aromatic heterocycles. The van der Waals surface area contributed by atoms with Crippen molar-refractivity contribution in [3.8, 4) is 12.3 Å². The average molecular weight is 156 g/mol. The van der Waals surface area contributed by atoms with Crippen LogP contribution in [-0.4, -0.2) is 18.7 Å². The molecule has 1 fully saturated rings. The second kappa shape index (κ2) is 3.38. The monoisotopic (exact) mass is 156 g/mol. The molecule has 2 atom stereocenters. The first kappa shape index (κ1) is 8.06. The Kier molecular flexibility index (Phi) is 2.48. The molecule has 1 rings (SSSR count). The van der Waals surface area contributed by atoms with Crippen LogP contribution in [-0.2, 0) is 9.53 Å². The average Bonchev–Trinajstić information content (AvgIpc) is 2.32. The van der Waals surface area contributed by atoms with Crippen LogP contribution in [0.2, 0.25) is 0 Å². The number of cyclic esters (lactones) is 1. The molecule has 2 unspecified atom stereocenters. The van der Waals surface area contributed by atoms with Crippen LogP contribution >= 0.6 is 0 Å². The fourth-order valence-electron chi connectivity index (χ4n) is 1.17. The molecule has 1 aliphatic rings. The molecule has 0 aliphatic carbocycles. The summed E-state index contributed by atoms with van der Waals surface area (Å²) in [6, 6.07) is 0. The Morgan fingerprint density at radius 2 is 2.55 bits per heavy atom. The molecule has 3 heteroatoms. The highest BCUT2D eigenvalue weighted by atomic mass is 19.1. The summed E-state index contributed by atoms with van der Waals surface area (Å²) >= 11 is 0. The molecule has 0 saturated carbocycles. The van der Waals surface area contributed by atoms with E-state index < -0.39 is 12.8 Å². The molecule has 1 aliphatic heterocycles. The number of hydrogen-bond donors (Lipinski definition) is 0. The number of ether oxygens (including phenoxy) is 1. The fraction of sp³-hybridized carbons (Fsp3) is 0.625. The topological polar surface area (TPSA) is 26.3 Å². The van der Waals surface area contributed by atoms with Crippen molar-refractivity contribution >= 4 is 5.97 Å². The third-order valence-corrected chi connectivity index (χ3v) is 1.76. The van der Waals surface area contributed by atoms with Crippen molar-refractivity contribution in [1.29, 1.82) is 0 Å². The molecule has 1 saturated heterocycles. The van der Waals surface area contributed by atoms with E-state index in [1.54, 1.807) is 0 Å². The van der Waals surface area contributed by atoms with Gasteiger partial charge in [-0.3, -0.25) is 9.18 Å². The normalized spacial score (nSPS) is 29.6. The lowest BCUT2D eigenvalue weighted by Crippen LogP contribution is -2.13. The third kappa shape index (κ3) is 1.70. The first-order chi connectivity index (χ1) is 5.27. The van der Waals surface area contributed by atoms with E-state index in [-0.39, 0.29) is 18.3 Å². The lowest BCUT2D eigenvalue weighted by molar-refractivity contribution is -0.139. The summed E-state index contributed by atoms with van der Waals surface area (Å²) in [7, 11) is 0.